The van der Waals surface area contributed by atoms with Crippen LogP contribution >= 0.6 is 11.8 Å². The van der Waals surface area contributed by atoms with Crippen LogP contribution in [0.5, 0.6) is 11.5 Å². The lowest BCUT2D eigenvalue weighted by Crippen LogP contribution is -2.17. The highest BCUT2D eigenvalue weighted by atomic mass is 32.2. The first-order valence-electron chi connectivity index (χ1n) is 8.98. The van der Waals surface area contributed by atoms with Gasteiger partial charge in [-0.05, 0) is 59.7 Å². The number of nitrogens with zero attached hydrogens (tertiary/aromatic N) is 2. The first kappa shape index (κ1) is 19.1. The second-order valence-electron chi connectivity index (χ2n) is 6.48. The minimum Gasteiger partial charge on any atom is -0.493 e. The monoisotopic (exact) mass is 409 g/mol. The van der Waals surface area contributed by atoms with E-state index in [0.29, 0.717) is 16.4 Å². The summed E-state index contributed by atoms with van der Waals surface area (Å²) in [7, 11) is 3.24. The quantitative estimate of drug-likeness (QED) is 0.626. The van der Waals surface area contributed by atoms with Gasteiger partial charge in [-0.2, -0.15) is 0 Å². The van der Waals surface area contributed by atoms with Crippen molar-refractivity contribution in [1.29, 1.82) is 0 Å². The zero-order valence-corrected chi connectivity index (χ0v) is 16.8. The van der Waals surface area contributed by atoms with Crippen molar-refractivity contribution >= 4 is 40.0 Å². The van der Waals surface area contributed by atoms with Gasteiger partial charge in [-0.3, -0.25) is 14.9 Å². The number of aryl methyl sites for hydroxylation is 2. The van der Waals surface area contributed by atoms with Crippen molar-refractivity contribution in [2.24, 2.45) is 0 Å². The van der Waals surface area contributed by atoms with Crippen molar-refractivity contribution < 1.29 is 19.1 Å². The molecule has 3 aromatic rings. The molecule has 1 saturated heterocycles. The van der Waals surface area contributed by atoms with Crippen molar-refractivity contribution in [1.82, 2.24) is 14.9 Å². The van der Waals surface area contributed by atoms with Gasteiger partial charge in [0.1, 0.15) is 0 Å². The highest BCUT2D eigenvalue weighted by molar-refractivity contribution is 8.18. The summed E-state index contributed by atoms with van der Waals surface area (Å²) >= 11 is 0.911. The van der Waals surface area contributed by atoms with Crippen LogP contribution < -0.4 is 14.8 Å². The van der Waals surface area contributed by atoms with Crippen molar-refractivity contribution in [3.8, 4) is 11.5 Å². The molecule has 29 heavy (non-hydrogen) atoms. The van der Waals surface area contributed by atoms with Crippen molar-refractivity contribution in [2.45, 2.75) is 13.0 Å². The SMILES string of the molecule is COc1ccc(CCn2cnc3ccc(/C=C4/SC(=O)NC4=O)cc32)cc1OC. The number of benzene rings is 2. The molecular weight excluding hydrogens is 390 g/mol. The highest BCUT2D eigenvalue weighted by Crippen LogP contribution is 2.29. The predicted molar refractivity (Wildman–Crippen MR) is 112 cm³/mol. The van der Waals surface area contributed by atoms with Crippen LogP contribution in [-0.2, 0) is 17.8 Å². The molecular formula is C21H19N3O4S. The van der Waals surface area contributed by atoms with E-state index in [0.717, 1.165) is 46.9 Å². The van der Waals surface area contributed by atoms with Gasteiger partial charge in [0.15, 0.2) is 11.5 Å². The number of thioether (sulfide) groups is 1. The zero-order chi connectivity index (χ0) is 20.4. The summed E-state index contributed by atoms with van der Waals surface area (Å²) in [5, 5.41) is 1.92. The molecule has 2 heterocycles. The molecule has 8 heteroatoms. The second kappa shape index (κ2) is 8.00. The number of aromatic nitrogens is 2. The van der Waals surface area contributed by atoms with Gasteiger partial charge < -0.3 is 14.0 Å². The van der Waals surface area contributed by atoms with Crippen LogP contribution in [0.15, 0.2) is 47.6 Å². The number of carbonyl (C=O) groups excluding carboxylic acids is 2. The average Bonchev–Trinajstić information content (AvgIpc) is 3.27. The van der Waals surface area contributed by atoms with Gasteiger partial charge in [-0.1, -0.05) is 12.1 Å². The molecule has 148 valence electrons. The molecule has 0 aliphatic carbocycles. The Morgan fingerprint density at radius 2 is 1.93 bits per heavy atom. The normalized spacial score (nSPS) is 15.2. The largest absolute Gasteiger partial charge is 0.493 e. The molecule has 1 fully saturated rings. The van der Waals surface area contributed by atoms with Crippen LogP contribution in [0.4, 0.5) is 4.79 Å². The first-order chi connectivity index (χ1) is 14.1. The van der Waals surface area contributed by atoms with Crippen molar-refractivity contribution in [3.05, 3.63) is 58.8 Å². The average molecular weight is 409 g/mol. The Hall–Kier alpha value is -3.26. The number of methoxy groups -OCH3 is 2. The van der Waals surface area contributed by atoms with Crippen molar-refractivity contribution in [3.63, 3.8) is 0 Å². The van der Waals surface area contributed by atoms with Crippen molar-refractivity contribution in [2.75, 3.05) is 14.2 Å². The lowest BCUT2D eigenvalue weighted by molar-refractivity contribution is -0.115. The molecule has 4 rings (SSSR count). The number of imidazole rings is 1. The molecule has 0 bridgehead atoms. The number of fused-ring (bicyclic) bond motifs is 1. The Labute approximate surface area is 171 Å². The molecule has 0 saturated carbocycles. The van der Waals surface area contributed by atoms with E-state index < -0.39 is 0 Å². The van der Waals surface area contributed by atoms with Gasteiger partial charge in [0.2, 0.25) is 0 Å². The number of imide groups is 1. The lowest BCUT2D eigenvalue weighted by atomic mass is 10.1. The van der Waals surface area contributed by atoms with Crippen LogP contribution in [0.3, 0.4) is 0 Å². The summed E-state index contributed by atoms with van der Waals surface area (Å²) in [5.74, 6) is 1.05. The van der Waals surface area contributed by atoms with Crippen LogP contribution in [0.25, 0.3) is 17.1 Å². The Kier molecular flexibility index (Phi) is 5.26. The summed E-state index contributed by atoms with van der Waals surface area (Å²) in [4.78, 5) is 28.0. The third kappa shape index (κ3) is 3.97. The van der Waals surface area contributed by atoms with Gasteiger partial charge in [-0.15, -0.1) is 0 Å². The fourth-order valence-corrected chi connectivity index (χ4v) is 3.88. The van der Waals surface area contributed by atoms with E-state index in [1.165, 1.54) is 0 Å². The van der Waals surface area contributed by atoms with Crippen LogP contribution in [0.2, 0.25) is 0 Å². The lowest BCUT2D eigenvalue weighted by Gasteiger charge is -2.10. The Morgan fingerprint density at radius 1 is 1.10 bits per heavy atom. The summed E-state index contributed by atoms with van der Waals surface area (Å²) in [6.07, 6.45) is 4.32. The Balaban J connectivity index is 1.56. The highest BCUT2D eigenvalue weighted by Gasteiger charge is 2.24. The third-order valence-electron chi connectivity index (χ3n) is 4.67. The molecule has 1 aliphatic heterocycles. The zero-order valence-electron chi connectivity index (χ0n) is 16.0. The summed E-state index contributed by atoms with van der Waals surface area (Å²) in [5.41, 5.74) is 3.81. The topological polar surface area (TPSA) is 82.5 Å². The number of ether oxygens (including phenoxy) is 2. The fraction of sp³-hybridized carbons (Fsp3) is 0.190. The molecule has 1 aliphatic rings. The standard InChI is InChI=1S/C21H19N3O4S/c1-27-17-6-4-13(10-18(17)28-2)7-8-24-12-22-15-5-3-14(9-16(15)24)11-19-20(25)23-21(26)29-19/h3-6,9-12H,7-8H2,1-2H3,(H,23,25,26)/b19-11+. The van der Waals surface area contributed by atoms with Gasteiger partial charge in [0.25, 0.3) is 11.1 Å². The summed E-state index contributed by atoms with van der Waals surface area (Å²) in [6, 6.07) is 11.7. The molecule has 2 aromatic carbocycles. The number of rotatable bonds is 6. The second-order valence-corrected chi connectivity index (χ2v) is 7.49. The minimum atomic E-state index is -0.359. The van der Waals surface area contributed by atoms with E-state index in [9.17, 15) is 9.59 Å². The predicted octanol–water partition coefficient (Wildman–Crippen LogP) is 3.62. The molecule has 7 nitrogen and oxygen atoms in total. The summed E-state index contributed by atoms with van der Waals surface area (Å²) < 4.78 is 12.7. The Morgan fingerprint density at radius 3 is 2.66 bits per heavy atom. The number of carbonyl (C=O) groups is 2. The summed E-state index contributed by atoms with van der Waals surface area (Å²) in [6.45, 7) is 0.736. The van der Waals surface area contributed by atoms with Crippen LogP contribution in [0, 0.1) is 0 Å². The molecule has 2 amide bonds. The number of nitrogens with one attached hydrogen (secondary N) is 1. The number of amides is 2. The van der Waals surface area contributed by atoms with Crippen LogP contribution in [-0.4, -0.2) is 34.9 Å². The van der Waals surface area contributed by atoms with Gasteiger partial charge in [-0.25, -0.2) is 4.98 Å². The molecule has 0 radical (unpaired) electrons. The van der Waals surface area contributed by atoms with Crippen LogP contribution in [0.1, 0.15) is 11.1 Å². The van der Waals surface area contributed by atoms with E-state index in [1.807, 2.05) is 42.7 Å². The molecule has 1 aromatic heterocycles. The maximum absolute atomic E-state index is 11.8. The molecule has 0 unspecified atom stereocenters. The first-order valence-corrected chi connectivity index (χ1v) is 9.79. The smallest absolute Gasteiger partial charge is 0.290 e. The van der Waals surface area contributed by atoms with Gasteiger partial charge in [0.05, 0.1) is 36.5 Å². The van der Waals surface area contributed by atoms with E-state index >= 15 is 0 Å². The Bertz CT molecular complexity index is 1140. The number of hydrogen-bond donors (Lipinski definition) is 1. The molecule has 0 atom stereocenters. The van der Waals surface area contributed by atoms with E-state index in [2.05, 4.69) is 14.9 Å². The van der Waals surface area contributed by atoms with E-state index in [4.69, 9.17) is 9.47 Å². The maximum Gasteiger partial charge on any atom is 0.290 e. The molecule has 0 spiro atoms. The van der Waals surface area contributed by atoms with Gasteiger partial charge >= 0.3 is 0 Å². The molecule has 1 N–H and O–H groups in total. The fourth-order valence-electron chi connectivity index (χ4n) is 3.20. The minimum absolute atomic E-state index is 0.345. The third-order valence-corrected chi connectivity index (χ3v) is 5.48. The number of hydrogen-bond acceptors (Lipinski definition) is 6. The maximum atomic E-state index is 11.8. The van der Waals surface area contributed by atoms with Gasteiger partial charge in [0, 0.05) is 6.54 Å². The van der Waals surface area contributed by atoms with E-state index in [1.54, 1.807) is 20.3 Å². The van der Waals surface area contributed by atoms with E-state index in [-0.39, 0.29) is 11.1 Å².